The molecule has 1 atom stereocenters. The number of ether oxygens (including phenoxy) is 2. The molecule has 0 bridgehead atoms. The third kappa shape index (κ3) is 6.77. The molecule has 1 aliphatic heterocycles. The van der Waals surface area contributed by atoms with Crippen LogP contribution in [-0.4, -0.2) is 30.7 Å². The van der Waals surface area contributed by atoms with E-state index in [2.05, 4.69) is 82.6 Å². The smallest absolute Gasteiger partial charge is 0.162 e. The molecule has 0 amide bonds. The predicted molar refractivity (Wildman–Crippen MR) is 182 cm³/mol. The number of hydrogen-bond acceptors (Lipinski definition) is 5. The van der Waals surface area contributed by atoms with E-state index in [0.717, 1.165) is 58.2 Å². The summed E-state index contributed by atoms with van der Waals surface area (Å²) >= 11 is 0. The van der Waals surface area contributed by atoms with Crippen LogP contribution < -0.4 is 9.47 Å². The van der Waals surface area contributed by atoms with Crippen LogP contribution in [0.1, 0.15) is 81.2 Å². The monoisotopic (exact) mass is 588 g/mol. The Morgan fingerprint density at radius 3 is 2.41 bits per heavy atom. The largest absolute Gasteiger partial charge is 0.493 e. The van der Waals surface area contributed by atoms with Gasteiger partial charge in [0.1, 0.15) is 5.78 Å². The Morgan fingerprint density at radius 2 is 1.70 bits per heavy atom. The van der Waals surface area contributed by atoms with E-state index in [1.807, 2.05) is 18.2 Å². The molecular weight excluding hydrogens is 544 g/mol. The van der Waals surface area contributed by atoms with Gasteiger partial charge in [0.15, 0.2) is 11.5 Å². The number of rotatable bonds is 9. The average molecular weight is 589 g/mol. The number of aliphatic imine (C=N–C) groups is 1. The zero-order valence-electron chi connectivity index (χ0n) is 27.2. The topological polar surface area (TPSA) is 60.8 Å². The molecule has 1 aliphatic carbocycles. The van der Waals surface area contributed by atoms with Crippen molar-refractivity contribution in [2.45, 2.75) is 72.8 Å². The van der Waals surface area contributed by atoms with Crippen LogP contribution in [0.15, 0.2) is 89.1 Å². The molecule has 44 heavy (non-hydrogen) atoms. The Balaban J connectivity index is 1.34. The number of methoxy groups -OCH3 is 2. The second-order valence-corrected chi connectivity index (χ2v) is 13.1. The van der Waals surface area contributed by atoms with Crippen LogP contribution in [0.25, 0.3) is 16.5 Å². The number of aromatic nitrogens is 1. The van der Waals surface area contributed by atoms with E-state index in [-0.39, 0.29) is 17.2 Å². The zero-order valence-corrected chi connectivity index (χ0v) is 27.2. The molecule has 5 heteroatoms. The molecule has 0 spiro atoms. The minimum atomic E-state index is -0.0934. The van der Waals surface area contributed by atoms with Crippen molar-refractivity contribution in [1.29, 1.82) is 0 Å². The lowest BCUT2D eigenvalue weighted by atomic mass is 9.82. The van der Waals surface area contributed by atoms with E-state index in [1.165, 1.54) is 22.3 Å². The quantitative estimate of drug-likeness (QED) is 0.250. The first-order chi connectivity index (χ1) is 21.0. The molecule has 228 valence electrons. The maximum Gasteiger partial charge on any atom is 0.162 e. The van der Waals surface area contributed by atoms with E-state index >= 15 is 0 Å². The molecule has 2 aromatic carbocycles. The third-order valence-electron chi connectivity index (χ3n) is 8.60. The van der Waals surface area contributed by atoms with Gasteiger partial charge in [-0.05, 0) is 79.2 Å². The van der Waals surface area contributed by atoms with Gasteiger partial charge in [-0.3, -0.25) is 14.8 Å². The second kappa shape index (κ2) is 12.8. The lowest BCUT2D eigenvalue weighted by Crippen LogP contribution is -2.23. The molecule has 5 rings (SSSR count). The number of carbonyl (C=O) groups is 1. The number of nitrogens with zero attached hydrogens (tertiary/aromatic N) is 2. The first kappa shape index (κ1) is 31.2. The molecule has 0 saturated carbocycles. The molecule has 0 saturated heterocycles. The highest BCUT2D eigenvalue weighted by atomic mass is 16.5. The van der Waals surface area contributed by atoms with Gasteiger partial charge >= 0.3 is 0 Å². The highest BCUT2D eigenvalue weighted by molar-refractivity contribution is 6.01. The summed E-state index contributed by atoms with van der Waals surface area (Å²) in [6, 6.07) is 12.5. The first-order valence-corrected chi connectivity index (χ1v) is 15.4. The highest BCUT2D eigenvalue weighted by Crippen LogP contribution is 2.39. The first-order valence-electron chi connectivity index (χ1n) is 15.4. The molecule has 1 unspecified atom stereocenters. The van der Waals surface area contributed by atoms with E-state index in [9.17, 15) is 4.79 Å². The van der Waals surface area contributed by atoms with Crippen LogP contribution in [0, 0.1) is 19.3 Å². The number of aryl methyl sites for hydroxylation is 2. The van der Waals surface area contributed by atoms with Crippen LogP contribution in [0.4, 0.5) is 0 Å². The van der Waals surface area contributed by atoms with Crippen LogP contribution >= 0.6 is 0 Å². The van der Waals surface area contributed by atoms with Crippen LogP contribution in [-0.2, 0) is 4.79 Å². The van der Waals surface area contributed by atoms with Crippen molar-refractivity contribution in [2.75, 3.05) is 14.2 Å². The van der Waals surface area contributed by atoms with Gasteiger partial charge in [-0.15, -0.1) is 0 Å². The Bertz CT molecular complexity index is 1750. The van der Waals surface area contributed by atoms with Gasteiger partial charge in [-0.2, -0.15) is 0 Å². The molecule has 0 fully saturated rings. The summed E-state index contributed by atoms with van der Waals surface area (Å²) in [5.41, 5.74) is 10.8. The van der Waals surface area contributed by atoms with Gasteiger partial charge in [-0.1, -0.05) is 74.4 Å². The number of hydrogen-bond donors (Lipinski definition) is 0. The van der Waals surface area contributed by atoms with Gasteiger partial charge in [0.05, 0.1) is 25.8 Å². The fourth-order valence-electron chi connectivity index (χ4n) is 6.24. The van der Waals surface area contributed by atoms with E-state index in [1.54, 1.807) is 20.4 Å². The summed E-state index contributed by atoms with van der Waals surface area (Å²) in [7, 11) is 3.26. The SMILES string of the molecule is C=C(C1=CCCC(CC(=O)CC2=CC(C(C)(C)C)=NC(c3ccc(C)cc3C)C2)=C1)c1ccnc2cc(OC)c(OC)cc12. The zero-order chi connectivity index (χ0) is 31.6. The fraction of sp³-hybridized carbons (Fsp3) is 0.359. The Labute approximate surface area is 262 Å². The van der Waals surface area contributed by atoms with Gasteiger partial charge < -0.3 is 9.47 Å². The summed E-state index contributed by atoms with van der Waals surface area (Å²) in [6.07, 6.45) is 11.8. The van der Waals surface area contributed by atoms with Gasteiger partial charge in [-0.25, -0.2) is 0 Å². The standard InChI is InChI=1S/C39H44N2O3/c1-24-12-13-31(25(2)16-24)35-20-28(21-38(41-35)39(4,5)6)19-30(42)18-27-10-9-11-29(17-27)26(3)32-14-15-40-34-23-37(44-8)36(43-7)22-33(32)34/h11-17,21-23,35H,3,9-10,18-20H2,1-2,4-8H3. The Morgan fingerprint density at radius 1 is 0.977 bits per heavy atom. The normalized spacial score (nSPS) is 16.9. The number of allylic oxidation sites excluding steroid dienone is 6. The van der Waals surface area contributed by atoms with Crippen molar-refractivity contribution in [2.24, 2.45) is 10.4 Å². The molecule has 0 N–H and O–H groups in total. The number of ketones is 1. The van der Waals surface area contributed by atoms with Crippen molar-refractivity contribution in [3.63, 3.8) is 0 Å². The summed E-state index contributed by atoms with van der Waals surface area (Å²) in [5, 5.41) is 0.951. The number of pyridine rings is 1. The van der Waals surface area contributed by atoms with E-state index in [0.29, 0.717) is 24.3 Å². The van der Waals surface area contributed by atoms with Crippen molar-refractivity contribution in [1.82, 2.24) is 4.98 Å². The maximum atomic E-state index is 13.5. The summed E-state index contributed by atoms with van der Waals surface area (Å²) in [5.74, 6) is 1.54. The van der Waals surface area contributed by atoms with Crippen LogP contribution in [0.2, 0.25) is 0 Å². The molecule has 3 aromatic rings. The number of benzene rings is 2. The molecule has 2 heterocycles. The average Bonchev–Trinajstić information content (AvgIpc) is 2.99. The van der Waals surface area contributed by atoms with Gasteiger partial charge in [0.2, 0.25) is 0 Å². The number of Topliss-reactive ketones (excluding diaryl/α,β-unsaturated/α-hetero) is 1. The number of carbonyl (C=O) groups excluding carboxylic acids is 1. The van der Waals surface area contributed by atoms with Crippen LogP contribution in [0.3, 0.4) is 0 Å². The van der Waals surface area contributed by atoms with Crippen molar-refractivity contribution >= 4 is 28.0 Å². The Hall–Kier alpha value is -4.25. The second-order valence-electron chi connectivity index (χ2n) is 13.1. The molecule has 1 aromatic heterocycles. The Kier molecular flexibility index (Phi) is 9.05. The lowest BCUT2D eigenvalue weighted by Gasteiger charge is -2.29. The fourth-order valence-corrected chi connectivity index (χ4v) is 6.24. The van der Waals surface area contributed by atoms with Gasteiger partial charge in [0, 0.05) is 41.6 Å². The third-order valence-corrected chi connectivity index (χ3v) is 8.60. The van der Waals surface area contributed by atoms with Crippen molar-refractivity contribution in [3.05, 3.63) is 106 Å². The summed E-state index contributed by atoms with van der Waals surface area (Å²) in [6.45, 7) is 15.3. The number of fused-ring (bicyclic) bond motifs is 1. The highest BCUT2D eigenvalue weighted by Gasteiger charge is 2.27. The lowest BCUT2D eigenvalue weighted by molar-refractivity contribution is -0.117. The molecule has 5 nitrogen and oxygen atoms in total. The molecular formula is C39H44N2O3. The summed E-state index contributed by atoms with van der Waals surface area (Å²) < 4.78 is 11.0. The van der Waals surface area contributed by atoms with E-state index in [4.69, 9.17) is 14.5 Å². The van der Waals surface area contributed by atoms with Gasteiger partial charge in [0.25, 0.3) is 0 Å². The van der Waals surface area contributed by atoms with E-state index < -0.39 is 0 Å². The van der Waals surface area contributed by atoms with Crippen molar-refractivity contribution < 1.29 is 14.3 Å². The van der Waals surface area contributed by atoms with Crippen LogP contribution in [0.5, 0.6) is 11.5 Å². The minimum Gasteiger partial charge on any atom is -0.493 e. The molecule has 0 radical (unpaired) electrons. The number of dihydropyridines is 1. The minimum absolute atomic E-state index is 0.0400. The van der Waals surface area contributed by atoms with Crippen molar-refractivity contribution in [3.8, 4) is 11.5 Å². The predicted octanol–water partition coefficient (Wildman–Crippen LogP) is 9.44. The molecule has 2 aliphatic rings. The maximum absolute atomic E-state index is 13.5. The summed E-state index contributed by atoms with van der Waals surface area (Å²) in [4.78, 5) is 23.3.